The van der Waals surface area contributed by atoms with Crippen molar-refractivity contribution in [2.24, 2.45) is 5.92 Å². The van der Waals surface area contributed by atoms with E-state index in [4.69, 9.17) is 0 Å². The van der Waals surface area contributed by atoms with Crippen molar-refractivity contribution in [2.75, 3.05) is 85.1 Å². The Bertz CT molecular complexity index is 1550. The Morgan fingerprint density at radius 3 is 0.642 bits per heavy atom. The van der Waals surface area contributed by atoms with E-state index in [1.807, 2.05) is 0 Å². The summed E-state index contributed by atoms with van der Waals surface area (Å²) in [5.74, 6) is 0.732. The summed E-state index contributed by atoms with van der Waals surface area (Å²) in [4.78, 5) is 71.1. The third-order valence-electron chi connectivity index (χ3n) is 19.9. The van der Waals surface area contributed by atoms with Crippen LogP contribution in [0.4, 0.5) is 0 Å². The van der Waals surface area contributed by atoms with Crippen molar-refractivity contribution in [2.45, 2.75) is 407 Å². The number of hydrogen-bond acceptors (Lipinski definition) is 8. The first-order valence-corrected chi connectivity index (χ1v) is 42.2. The lowest BCUT2D eigenvalue weighted by Crippen LogP contribution is -2.42. The van der Waals surface area contributed by atoms with Crippen molar-refractivity contribution in [3.05, 3.63) is 0 Å². The number of rotatable bonds is 79. The van der Waals surface area contributed by atoms with Gasteiger partial charge in [-0.05, 0) is 63.8 Å². The van der Waals surface area contributed by atoms with Gasteiger partial charge in [0.1, 0.15) is 0 Å². The highest BCUT2D eigenvalue weighted by Crippen LogP contribution is 2.19. The van der Waals surface area contributed by atoms with Crippen molar-refractivity contribution in [1.29, 1.82) is 0 Å². The molecule has 95 heavy (non-hydrogen) atoms. The van der Waals surface area contributed by atoms with Crippen LogP contribution in [0, 0.1) is 5.92 Å². The average molecular weight is 1340 g/mol. The minimum atomic E-state index is 0.0738. The highest BCUT2D eigenvalue weighted by Gasteiger charge is 2.17. The molecule has 0 aromatic heterocycles. The summed E-state index contributed by atoms with van der Waals surface area (Å²) < 4.78 is 0. The predicted molar refractivity (Wildman–Crippen MR) is 410 cm³/mol. The maximum atomic E-state index is 13.4. The number of carbonyl (C=O) groups excluding carboxylic acids is 5. The van der Waals surface area contributed by atoms with Gasteiger partial charge in [0.2, 0.25) is 29.5 Å². The van der Waals surface area contributed by atoms with E-state index in [0.29, 0.717) is 71.4 Å². The van der Waals surface area contributed by atoms with E-state index in [0.717, 1.165) is 129 Å². The third kappa shape index (κ3) is 72.3. The molecule has 0 aromatic carbocycles. The van der Waals surface area contributed by atoms with Gasteiger partial charge in [-0.3, -0.25) is 24.0 Å². The van der Waals surface area contributed by atoms with Crippen LogP contribution in [0.5, 0.6) is 0 Å². The molecule has 0 aliphatic heterocycles. The molecule has 0 rings (SSSR count). The first-order valence-electron chi connectivity index (χ1n) is 42.2. The number of hydrogen-bond donors (Lipinski definition) is 6. The third-order valence-corrected chi connectivity index (χ3v) is 19.9. The van der Waals surface area contributed by atoms with E-state index in [1.54, 1.807) is 0 Å². The SMILES string of the molecule is CCCCCCCCCCCCNC(=O)CCC(CCNCCN(CCC(=O)NCCCCCCCCCCCC)CCN(CCC(=O)NCCCCCCCCCCCC)CCC(=O)NCCCCCCCCCCCC)CCC(=O)NCCCCCCCCCCCC. The molecule has 0 saturated heterocycles. The maximum Gasteiger partial charge on any atom is 0.221 e. The van der Waals surface area contributed by atoms with Gasteiger partial charge in [0.15, 0.2) is 0 Å². The van der Waals surface area contributed by atoms with Gasteiger partial charge in [0.25, 0.3) is 0 Å². The van der Waals surface area contributed by atoms with Crippen LogP contribution in [0.25, 0.3) is 0 Å². The smallest absolute Gasteiger partial charge is 0.221 e. The molecule has 13 nitrogen and oxygen atoms in total. The molecule has 0 aliphatic carbocycles. The Morgan fingerprint density at radius 2 is 0.411 bits per heavy atom. The van der Waals surface area contributed by atoms with Crippen LogP contribution in [-0.4, -0.2) is 124 Å². The molecule has 0 bridgehead atoms. The van der Waals surface area contributed by atoms with Crippen LogP contribution in [0.3, 0.4) is 0 Å². The van der Waals surface area contributed by atoms with Crippen molar-refractivity contribution in [1.82, 2.24) is 41.7 Å². The number of amides is 5. The Labute approximate surface area is 590 Å². The quantitative estimate of drug-likeness (QED) is 0.0328. The van der Waals surface area contributed by atoms with E-state index in [2.05, 4.69) is 76.3 Å². The largest absolute Gasteiger partial charge is 0.356 e. The van der Waals surface area contributed by atoms with Crippen LogP contribution in [0.15, 0.2) is 0 Å². The molecule has 562 valence electrons. The zero-order valence-corrected chi connectivity index (χ0v) is 64.2. The molecule has 0 heterocycles. The van der Waals surface area contributed by atoms with Crippen LogP contribution < -0.4 is 31.9 Å². The summed E-state index contributed by atoms with van der Waals surface area (Å²) in [6.45, 7) is 20.5. The van der Waals surface area contributed by atoms with Crippen LogP contribution in [0.2, 0.25) is 0 Å². The molecule has 0 fully saturated rings. The van der Waals surface area contributed by atoms with Gasteiger partial charge >= 0.3 is 0 Å². The van der Waals surface area contributed by atoms with E-state index >= 15 is 0 Å². The summed E-state index contributed by atoms with van der Waals surface area (Å²) in [6.07, 6.45) is 68.1. The van der Waals surface area contributed by atoms with Crippen molar-refractivity contribution >= 4 is 29.5 Å². The fourth-order valence-corrected chi connectivity index (χ4v) is 13.1. The predicted octanol–water partition coefficient (Wildman–Crippen LogP) is 20.1. The van der Waals surface area contributed by atoms with E-state index in [9.17, 15) is 24.0 Å². The second-order valence-electron chi connectivity index (χ2n) is 29.1. The van der Waals surface area contributed by atoms with Crippen molar-refractivity contribution in [3.8, 4) is 0 Å². The summed E-state index contributed by atoms with van der Waals surface area (Å²) >= 11 is 0. The standard InChI is InChI=1S/C82H164N8O5/c1-6-11-16-21-26-31-36-41-46-51-64-84-78(91)58-56-77(57-59-79(92)85-65-52-47-42-37-32-27-22-17-12-7-2)60-69-83-70-74-90(73-63-82(95)88-68-55-50-45-40-35-30-25-20-15-10-5)76-75-89(71-61-80(93)86-66-53-48-43-38-33-28-23-18-13-8-3)72-62-81(94)87-67-54-49-44-39-34-29-24-19-14-9-4/h77,83H,6-76H2,1-5H3,(H,84,91)(H,85,92)(H,86,93)(H,87,94)(H,88,95). The Morgan fingerprint density at radius 1 is 0.211 bits per heavy atom. The van der Waals surface area contributed by atoms with Gasteiger partial charge in [0.05, 0.1) is 0 Å². The molecule has 0 aliphatic rings. The number of nitrogens with zero attached hydrogens (tertiary/aromatic N) is 2. The van der Waals surface area contributed by atoms with Gasteiger partial charge in [0, 0.05) is 111 Å². The number of carbonyl (C=O) groups is 5. The van der Waals surface area contributed by atoms with Crippen molar-refractivity contribution < 1.29 is 24.0 Å². The number of nitrogens with one attached hydrogen (secondary N) is 6. The zero-order valence-electron chi connectivity index (χ0n) is 64.2. The first-order chi connectivity index (χ1) is 46.7. The van der Waals surface area contributed by atoms with Gasteiger partial charge in [-0.1, -0.05) is 324 Å². The van der Waals surface area contributed by atoms with Crippen molar-refractivity contribution in [3.63, 3.8) is 0 Å². The highest BCUT2D eigenvalue weighted by atomic mass is 16.2. The fraction of sp³-hybridized carbons (Fsp3) is 0.939. The lowest BCUT2D eigenvalue weighted by atomic mass is 9.93. The van der Waals surface area contributed by atoms with Gasteiger partial charge < -0.3 is 41.7 Å². The average Bonchev–Trinajstić information content (AvgIpc) is 3.51. The molecular formula is C82H164N8O5. The topological polar surface area (TPSA) is 164 Å². The molecule has 0 unspecified atom stereocenters. The van der Waals surface area contributed by atoms with Crippen LogP contribution >= 0.6 is 0 Å². The first kappa shape index (κ1) is 92.2. The molecule has 0 aromatic rings. The highest BCUT2D eigenvalue weighted by molar-refractivity contribution is 5.77. The number of unbranched alkanes of at least 4 members (excludes halogenated alkanes) is 45. The fourth-order valence-electron chi connectivity index (χ4n) is 13.1. The normalized spacial score (nSPS) is 11.6. The molecule has 0 spiro atoms. The van der Waals surface area contributed by atoms with Gasteiger partial charge in [-0.15, -0.1) is 0 Å². The van der Waals surface area contributed by atoms with Crippen LogP contribution in [0.1, 0.15) is 407 Å². The Kier molecular flexibility index (Phi) is 74.7. The molecule has 0 radical (unpaired) electrons. The summed E-state index contributed by atoms with van der Waals surface area (Å²) in [7, 11) is 0. The molecule has 5 amide bonds. The minimum absolute atomic E-state index is 0.0738. The molecule has 6 N–H and O–H groups in total. The lowest BCUT2D eigenvalue weighted by Gasteiger charge is -2.28. The summed E-state index contributed by atoms with van der Waals surface area (Å²) in [5, 5.41) is 19.8. The molecule has 0 atom stereocenters. The zero-order chi connectivity index (χ0) is 69.1. The lowest BCUT2D eigenvalue weighted by molar-refractivity contribution is -0.123. The second-order valence-corrected chi connectivity index (χ2v) is 29.1. The van der Waals surface area contributed by atoms with E-state index in [1.165, 1.54) is 257 Å². The Hall–Kier alpha value is -2.77. The molecule has 0 saturated carbocycles. The summed E-state index contributed by atoms with van der Waals surface area (Å²) in [6, 6.07) is 0. The van der Waals surface area contributed by atoms with Gasteiger partial charge in [-0.25, -0.2) is 0 Å². The van der Waals surface area contributed by atoms with E-state index in [-0.39, 0.29) is 35.5 Å². The second kappa shape index (κ2) is 77.0. The summed E-state index contributed by atoms with van der Waals surface area (Å²) in [5.41, 5.74) is 0. The molecule has 13 heteroatoms. The monoisotopic (exact) mass is 1340 g/mol. The Balaban J connectivity index is 5.83. The van der Waals surface area contributed by atoms with Crippen LogP contribution in [-0.2, 0) is 24.0 Å². The molecular weight excluding hydrogens is 1180 g/mol. The minimum Gasteiger partial charge on any atom is -0.356 e. The maximum absolute atomic E-state index is 13.4. The van der Waals surface area contributed by atoms with Gasteiger partial charge in [-0.2, -0.15) is 0 Å². The van der Waals surface area contributed by atoms with E-state index < -0.39 is 0 Å².